The van der Waals surface area contributed by atoms with Gasteiger partial charge in [0.2, 0.25) is 0 Å². The molecule has 2 rings (SSSR count). The van der Waals surface area contributed by atoms with Crippen LogP contribution in [0.15, 0.2) is 0 Å². The van der Waals surface area contributed by atoms with E-state index < -0.39 is 0 Å². The van der Waals surface area contributed by atoms with Gasteiger partial charge in [-0.2, -0.15) is 0 Å². The second-order valence-electron chi connectivity index (χ2n) is 8.64. The minimum atomic E-state index is -0.0871. The summed E-state index contributed by atoms with van der Waals surface area (Å²) < 4.78 is 4.91. The van der Waals surface area contributed by atoms with E-state index in [1.54, 1.807) is 6.92 Å². The van der Waals surface area contributed by atoms with Crippen LogP contribution in [0.5, 0.6) is 0 Å². The molecule has 0 spiro atoms. The van der Waals surface area contributed by atoms with Gasteiger partial charge in [0.15, 0.2) is 0 Å². The summed E-state index contributed by atoms with van der Waals surface area (Å²) in [5.41, 5.74) is 0.0308. The van der Waals surface area contributed by atoms with Crippen molar-refractivity contribution >= 4 is 11.8 Å². The number of unbranched alkanes of at least 4 members (excludes halogenated alkanes) is 9. The van der Waals surface area contributed by atoms with Crippen molar-refractivity contribution in [2.75, 3.05) is 7.11 Å². The molecule has 2 fully saturated rings. The second-order valence-corrected chi connectivity index (χ2v) is 8.64. The van der Waals surface area contributed by atoms with Gasteiger partial charge in [-0.15, -0.1) is 0 Å². The van der Waals surface area contributed by atoms with E-state index in [0.717, 1.165) is 38.5 Å². The van der Waals surface area contributed by atoms with Crippen LogP contribution in [0.3, 0.4) is 0 Å². The lowest BCUT2D eigenvalue weighted by molar-refractivity contribution is -0.147. The molecule has 0 aromatic heterocycles. The molecular weight excluding hydrogens is 312 g/mol. The Morgan fingerprint density at radius 3 is 1.36 bits per heavy atom. The van der Waals surface area contributed by atoms with Crippen molar-refractivity contribution in [2.45, 2.75) is 110 Å². The summed E-state index contributed by atoms with van der Waals surface area (Å²) in [6, 6.07) is 0. The summed E-state index contributed by atoms with van der Waals surface area (Å²) in [6.07, 6.45) is 19.5. The number of methoxy groups -OCH3 is 1. The molecular formula is C22H38O3. The minimum absolute atomic E-state index is 0.0170. The largest absolute Gasteiger partial charge is 0.469 e. The summed E-state index contributed by atoms with van der Waals surface area (Å²) in [6.45, 7) is 1.77. The Morgan fingerprint density at radius 2 is 1.04 bits per heavy atom. The molecule has 0 radical (unpaired) electrons. The molecule has 0 unspecified atom stereocenters. The fourth-order valence-corrected chi connectivity index (χ4v) is 4.19. The summed E-state index contributed by atoms with van der Waals surface area (Å²) in [5.74, 6) is 0.440. The van der Waals surface area contributed by atoms with Gasteiger partial charge in [0.1, 0.15) is 5.78 Å². The van der Waals surface area contributed by atoms with E-state index in [1.165, 1.54) is 71.3 Å². The van der Waals surface area contributed by atoms with Crippen LogP contribution in [0.2, 0.25) is 0 Å². The summed E-state index contributed by atoms with van der Waals surface area (Å²) >= 11 is 0. The number of Topliss-reactive ketones (excluding diaryl/α,β-unsaturated/α-hetero) is 1. The maximum Gasteiger partial charge on any atom is 0.311 e. The molecule has 0 bridgehead atoms. The average molecular weight is 351 g/mol. The Hall–Kier alpha value is -0.860. The molecule has 0 saturated heterocycles. The van der Waals surface area contributed by atoms with Gasteiger partial charge in [-0.3, -0.25) is 9.59 Å². The first-order valence-corrected chi connectivity index (χ1v) is 10.6. The van der Waals surface area contributed by atoms with Crippen LogP contribution >= 0.6 is 0 Å². The molecule has 0 atom stereocenters. The minimum Gasteiger partial charge on any atom is -0.469 e. The first-order chi connectivity index (χ1) is 12.0. The lowest BCUT2D eigenvalue weighted by atomic mass is 9.94. The molecule has 3 heteroatoms. The maximum atomic E-state index is 11.7. The quantitative estimate of drug-likeness (QED) is 0.269. The molecule has 2 aliphatic carbocycles. The van der Waals surface area contributed by atoms with Gasteiger partial charge in [0, 0.05) is 5.41 Å². The van der Waals surface area contributed by atoms with Crippen LogP contribution in [0.4, 0.5) is 0 Å². The number of ether oxygens (including phenoxy) is 1. The third-order valence-electron chi connectivity index (χ3n) is 6.63. The van der Waals surface area contributed by atoms with Crippen LogP contribution in [0.1, 0.15) is 110 Å². The van der Waals surface area contributed by atoms with Crippen molar-refractivity contribution in [1.82, 2.24) is 0 Å². The predicted molar refractivity (Wildman–Crippen MR) is 101 cm³/mol. The Labute approximate surface area is 154 Å². The Morgan fingerprint density at radius 1 is 0.680 bits per heavy atom. The Balaban J connectivity index is 1.33. The molecule has 0 aromatic carbocycles. The Bertz CT molecular complexity index is 433. The predicted octanol–water partition coefficient (Wildman–Crippen LogP) is 5.99. The number of rotatable bonds is 15. The lowest BCUT2D eigenvalue weighted by Gasteiger charge is -2.11. The van der Waals surface area contributed by atoms with E-state index in [1.807, 2.05) is 0 Å². The topological polar surface area (TPSA) is 43.4 Å². The molecule has 0 amide bonds. The number of carbonyl (C=O) groups excluding carboxylic acids is 2. The fourth-order valence-electron chi connectivity index (χ4n) is 4.19. The molecule has 2 saturated carbocycles. The molecule has 0 N–H and O–H groups in total. The zero-order valence-corrected chi connectivity index (χ0v) is 16.5. The van der Waals surface area contributed by atoms with E-state index in [9.17, 15) is 9.59 Å². The van der Waals surface area contributed by atoms with Crippen LogP contribution in [-0.2, 0) is 14.3 Å². The highest BCUT2D eigenvalue weighted by Crippen LogP contribution is 2.51. The van der Waals surface area contributed by atoms with E-state index in [-0.39, 0.29) is 16.8 Å². The normalized spacial score (nSPS) is 19.4. The number of hydrogen-bond acceptors (Lipinski definition) is 3. The lowest BCUT2D eigenvalue weighted by Crippen LogP contribution is -2.17. The van der Waals surface area contributed by atoms with E-state index >= 15 is 0 Å². The third-order valence-corrected chi connectivity index (χ3v) is 6.63. The molecule has 0 aromatic rings. The SMILES string of the molecule is COC(=O)C1(CCCCCCCCCCCCC2(C(C)=O)CC2)CC1. The number of ketones is 1. The van der Waals surface area contributed by atoms with Crippen LogP contribution in [0.25, 0.3) is 0 Å². The molecule has 0 heterocycles. The van der Waals surface area contributed by atoms with E-state index in [2.05, 4.69) is 0 Å². The summed E-state index contributed by atoms with van der Waals surface area (Å²) in [5, 5.41) is 0. The van der Waals surface area contributed by atoms with Gasteiger partial charge in [-0.1, -0.05) is 64.2 Å². The highest BCUT2D eigenvalue weighted by molar-refractivity contribution is 5.84. The summed E-state index contributed by atoms with van der Waals surface area (Å²) in [7, 11) is 1.51. The zero-order valence-electron chi connectivity index (χ0n) is 16.5. The van der Waals surface area contributed by atoms with Crippen molar-refractivity contribution in [3.8, 4) is 0 Å². The average Bonchev–Trinajstić information content (AvgIpc) is 3.51. The van der Waals surface area contributed by atoms with Gasteiger partial charge >= 0.3 is 5.97 Å². The zero-order chi connectivity index (χ0) is 18.2. The second kappa shape index (κ2) is 9.73. The smallest absolute Gasteiger partial charge is 0.311 e. The van der Waals surface area contributed by atoms with E-state index in [4.69, 9.17) is 4.74 Å². The highest BCUT2D eigenvalue weighted by atomic mass is 16.5. The summed E-state index contributed by atoms with van der Waals surface area (Å²) in [4.78, 5) is 23.2. The maximum absolute atomic E-state index is 11.7. The number of hydrogen-bond donors (Lipinski definition) is 0. The molecule has 25 heavy (non-hydrogen) atoms. The van der Waals surface area contributed by atoms with Gasteiger partial charge in [0.25, 0.3) is 0 Å². The monoisotopic (exact) mass is 350 g/mol. The first kappa shape index (κ1) is 20.5. The first-order valence-electron chi connectivity index (χ1n) is 10.6. The molecule has 2 aliphatic rings. The number of carbonyl (C=O) groups is 2. The van der Waals surface area contributed by atoms with Gasteiger partial charge in [-0.25, -0.2) is 0 Å². The standard InChI is InChI=1S/C22H38O3/c1-19(23)21(15-16-21)13-11-9-7-5-3-4-6-8-10-12-14-22(17-18-22)20(24)25-2/h3-18H2,1-2H3. The van der Waals surface area contributed by atoms with Crippen molar-refractivity contribution < 1.29 is 14.3 Å². The van der Waals surface area contributed by atoms with Crippen LogP contribution in [0, 0.1) is 10.8 Å². The van der Waals surface area contributed by atoms with Gasteiger partial charge in [-0.05, 0) is 45.4 Å². The van der Waals surface area contributed by atoms with Crippen molar-refractivity contribution in [3.63, 3.8) is 0 Å². The van der Waals surface area contributed by atoms with E-state index in [0.29, 0.717) is 5.78 Å². The number of esters is 1. The van der Waals surface area contributed by atoms with Gasteiger partial charge in [0.05, 0.1) is 12.5 Å². The Kier molecular flexibility index (Phi) is 7.96. The van der Waals surface area contributed by atoms with Crippen molar-refractivity contribution in [2.24, 2.45) is 10.8 Å². The molecule has 144 valence electrons. The fraction of sp³-hybridized carbons (Fsp3) is 0.909. The van der Waals surface area contributed by atoms with Crippen LogP contribution < -0.4 is 0 Å². The molecule has 0 aliphatic heterocycles. The van der Waals surface area contributed by atoms with Crippen molar-refractivity contribution in [3.05, 3.63) is 0 Å². The van der Waals surface area contributed by atoms with Crippen molar-refractivity contribution in [1.29, 1.82) is 0 Å². The van der Waals surface area contributed by atoms with Gasteiger partial charge < -0.3 is 4.74 Å². The van der Waals surface area contributed by atoms with Crippen LogP contribution in [-0.4, -0.2) is 18.9 Å². The highest BCUT2D eigenvalue weighted by Gasteiger charge is 2.50. The molecule has 3 nitrogen and oxygen atoms in total. The third kappa shape index (κ3) is 6.42.